The van der Waals surface area contributed by atoms with Gasteiger partial charge in [-0.25, -0.2) is 4.99 Å². The third-order valence-electron chi connectivity index (χ3n) is 0.954. The minimum atomic E-state index is 0.121. The summed E-state index contributed by atoms with van der Waals surface area (Å²) in [5.74, 6) is 0.729. The molecule has 0 spiro atoms. The Labute approximate surface area is 61.5 Å². The van der Waals surface area contributed by atoms with Crippen LogP contribution in [-0.2, 0) is 0 Å². The Bertz CT molecular complexity index is 130. The van der Waals surface area contributed by atoms with Gasteiger partial charge in [-0.05, 0) is 13.8 Å². The number of amidine groups is 1. The highest BCUT2D eigenvalue weighted by Gasteiger charge is 1.90. The van der Waals surface area contributed by atoms with Crippen LogP contribution in [0.1, 0.15) is 20.3 Å². The third-order valence-corrected chi connectivity index (χ3v) is 0.954. The maximum atomic E-state index is 8.54. The molecule has 0 atom stereocenters. The van der Waals surface area contributed by atoms with E-state index in [4.69, 9.17) is 5.11 Å². The van der Waals surface area contributed by atoms with E-state index in [0.29, 0.717) is 6.42 Å². The molecule has 0 amide bonds. The number of nitrogens with zero attached hydrogens (tertiary/aromatic N) is 2. The molecule has 1 N–H and O–H groups in total. The Hall–Kier alpha value is -0.700. The Balaban J connectivity index is 3.84. The summed E-state index contributed by atoms with van der Waals surface area (Å²) >= 11 is 0. The highest BCUT2D eigenvalue weighted by Crippen LogP contribution is 1.87. The van der Waals surface area contributed by atoms with Crippen molar-refractivity contribution in [2.75, 3.05) is 13.2 Å². The first kappa shape index (κ1) is 9.30. The van der Waals surface area contributed by atoms with Crippen LogP contribution < -0.4 is 0 Å². The highest BCUT2D eigenvalue weighted by molar-refractivity contribution is 5.89. The van der Waals surface area contributed by atoms with Crippen LogP contribution in [0.4, 0.5) is 0 Å². The lowest BCUT2D eigenvalue weighted by molar-refractivity contribution is 0.306. The molecular formula is C7H14N2O. The Morgan fingerprint density at radius 3 is 2.70 bits per heavy atom. The van der Waals surface area contributed by atoms with Crippen molar-refractivity contribution in [3.63, 3.8) is 0 Å². The van der Waals surface area contributed by atoms with Gasteiger partial charge in [-0.2, -0.15) is 0 Å². The van der Waals surface area contributed by atoms with Gasteiger partial charge in [-0.15, -0.1) is 0 Å². The first-order chi connectivity index (χ1) is 4.85. The molecule has 0 aromatic heterocycles. The van der Waals surface area contributed by atoms with E-state index in [-0.39, 0.29) is 6.61 Å². The van der Waals surface area contributed by atoms with Crippen molar-refractivity contribution in [1.29, 1.82) is 0 Å². The average Bonchev–Trinajstić information content (AvgIpc) is 1.90. The second-order valence-corrected chi connectivity index (χ2v) is 1.75. The van der Waals surface area contributed by atoms with Crippen LogP contribution in [0.2, 0.25) is 0 Å². The van der Waals surface area contributed by atoms with Crippen LogP contribution in [0.15, 0.2) is 9.98 Å². The molecule has 0 aromatic carbocycles. The summed E-state index contributed by atoms with van der Waals surface area (Å²) in [6.07, 6.45) is 2.24. The smallest absolute Gasteiger partial charge is 0.125 e. The molecule has 0 aliphatic carbocycles. The Kier molecular flexibility index (Phi) is 5.97. The van der Waals surface area contributed by atoms with Gasteiger partial charge in [0.25, 0.3) is 0 Å². The lowest BCUT2D eigenvalue weighted by atomic mass is 10.4. The zero-order valence-electron chi connectivity index (χ0n) is 6.54. The van der Waals surface area contributed by atoms with Gasteiger partial charge in [0.2, 0.25) is 0 Å². The summed E-state index contributed by atoms with van der Waals surface area (Å²) in [6.45, 7) is 4.63. The van der Waals surface area contributed by atoms with Gasteiger partial charge < -0.3 is 5.11 Å². The van der Waals surface area contributed by atoms with Gasteiger partial charge in [-0.1, -0.05) is 0 Å². The van der Waals surface area contributed by atoms with Gasteiger partial charge >= 0.3 is 0 Å². The molecule has 0 heterocycles. The van der Waals surface area contributed by atoms with Crippen molar-refractivity contribution in [2.24, 2.45) is 9.98 Å². The zero-order valence-corrected chi connectivity index (χ0v) is 6.54. The first-order valence-corrected chi connectivity index (χ1v) is 3.48. The van der Waals surface area contributed by atoms with Crippen LogP contribution >= 0.6 is 0 Å². The molecule has 0 bridgehead atoms. The zero-order chi connectivity index (χ0) is 7.82. The van der Waals surface area contributed by atoms with E-state index < -0.39 is 0 Å². The fraction of sp³-hybridized carbons (Fsp3) is 0.714. The number of aliphatic hydroxyl groups is 1. The van der Waals surface area contributed by atoms with E-state index >= 15 is 0 Å². The summed E-state index contributed by atoms with van der Waals surface area (Å²) in [4.78, 5) is 8.03. The maximum absolute atomic E-state index is 8.54. The standard InChI is InChI=1S/C7H14N2O/c1-3-8-7(5-6-10)9-4-2/h3,10H,4-6H2,1-2H3. The van der Waals surface area contributed by atoms with Crippen molar-refractivity contribution in [2.45, 2.75) is 20.3 Å². The van der Waals surface area contributed by atoms with Crippen molar-refractivity contribution in [3.8, 4) is 0 Å². The Morgan fingerprint density at radius 1 is 1.60 bits per heavy atom. The Morgan fingerprint density at radius 2 is 2.30 bits per heavy atom. The van der Waals surface area contributed by atoms with Crippen molar-refractivity contribution in [3.05, 3.63) is 0 Å². The average molecular weight is 142 g/mol. The molecule has 0 unspecified atom stereocenters. The van der Waals surface area contributed by atoms with Gasteiger partial charge in [0.1, 0.15) is 5.84 Å². The topological polar surface area (TPSA) is 45.0 Å². The van der Waals surface area contributed by atoms with Crippen LogP contribution in [0.5, 0.6) is 0 Å². The van der Waals surface area contributed by atoms with E-state index in [1.807, 2.05) is 13.8 Å². The second kappa shape index (κ2) is 6.42. The molecule has 3 heteroatoms. The molecule has 0 rings (SSSR count). The third kappa shape index (κ3) is 4.21. The number of hydrogen-bond acceptors (Lipinski definition) is 2. The SMILES string of the molecule is CC=NC(CCO)=NCC. The van der Waals surface area contributed by atoms with Gasteiger partial charge in [0, 0.05) is 19.2 Å². The molecule has 0 saturated heterocycles. The minimum Gasteiger partial charge on any atom is -0.396 e. The van der Waals surface area contributed by atoms with Crippen molar-refractivity contribution >= 4 is 12.1 Å². The van der Waals surface area contributed by atoms with Gasteiger partial charge in [0.05, 0.1) is 6.61 Å². The van der Waals surface area contributed by atoms with E-state index in [9.17, 15) is 0 Å². The molecule has 0 aliphatic heterocycles. The molecule has 0 aliphatic rings. The number of hydrogen-bond donors (Lipinski definition) is 1. The van der Waals surface area contributed by atoms with Crippen molar-refractivity contribution < 1.29 is 5.11 Å². The van der Waals surface area contributed by atoms with Crippen LogP contribution in [0, 0.1) is 0 Å². The molecule has 0 aromatic rings. The predicted octanol–water partition coefficient (Wildman–Crippen LogP) is 0.878. The number of rotatable bonds is 3. The maximum Gasteiger partial charge on any atom is 0.125 e. The normalized spacial score (nSPS) is 12.9. The predicted molar refractivity (Wildman–Crippen MR) is 43.8 cm³/mol. The number of aliphatic hydroxyl groups excluding tert-OH is 1. The highest BCUT2D eigenvalue weighted by atomic mass is 16.3. The fourth-order valence-corrected chi connectivity index (χ4v) is 0.616. The van der Waals surface area contributed by atoms with Crippen molar-refractivity contribution in [1.82, 2.24) is 0 Å². The van der Waals surface area contributed by atoms with Gasteiger partial charge in [0.15, 0.2) is 0 Å². The van der Waals surface area contributed by atoms with E-state index in [2.05, 4.69) is 9.98 Å². The van der Waals surface area contributed by atoms with E-state index in [1.54, 1.807) is 6.21 Å². The molecule has 3 nitrogen and oxygen atoms in total. The molecule has 10 heavy (non-hydrogen) atoms. The molecule has 0 saturated carbocycles. The molecular weight excluding hydrogens is 128 g/mol. The molecule has 58 valence electrons. The number of aliphatic imine (C=N–C) groups is 2. The lowest BCUT2D eigenvalue weighted by Gasteiger charge is -1.94. The second-order valence-electron chi connectivity index (χ2n) is 1.75. The fourth-order valence-electron chi connectivity index (χ4n) is 0.616. The molecule has 0 radical (unpaired) electrons. The van der Waals surface area contributed by atoms with Gasteiger partial charge in [-0.3, -0.25) is 4.99 Å². The van der Waals surface area contributed by atoms with Crippen LogP contribution in [0.25, 0.3) is 0 Å². The molecule has 0 fully saturated rings. The summed E-state index contributed by atoms with van der Waals surface area (Å²) in [5, 5.41) is 8.54. The van der Waals surface area contributed by atoms with E-state index in [0.717, 1.165) is 12.4 Å². The minimum absolute atomic E-state index is 0.121. The summed E-state index contributed by atoms with van der Waals surface area (Å²) in [6, 6.07) is 0. The largest absolute Gasteiger partial charge is 0.396 e. The monoisotopic (exact) mass is 142 g/mol. The van der Waals surface area contributed by atoms with Crippen LogP contribution in [-0.4, -0.2) is 30.3 Å². The summed E-state index contributed by atoms with van der Waals surface area (Å²) < 4.78 is 0. The summed E-state index contributed by atoms with van der Waals surface area (Å²) in [7, 11) is 0. The lowest BCUT2D eigenvalue weighted by Crippen LogP contribution is -1.98. The van der Waals surface area contributed by atoms with Crippen LogP contribution in [0.3, 0.4) is 0 Å². The van der Waals surface area contributed by atoms with E-state index in [1.165, 1.54) is 0 Å². The summed E-state index contributed by atoms with van der Waals surface area (Å²) in [5.41, 5.74) is 0. The quantitative estimate of drug-likeness (QED) is 0.461. The first-order valence-electron chi connectivity index (χ1n) is 3.48.